The van der Waals surface area contributed by atoms with Crippen molar-refractivity contribution in [3.05, 3.63) is 79.5 Å². The molecule has 0 radical (unpaired) electrons. The fourth-order valence-electron chi connectivity index (χ4n) is 4.58. The van der Waals surface area contributed by atoms with Gasteiger partial charge in [-0.25, -0.2) is 0 Å². The van der Waals surface area contributed by atoms with Gasteiger partial charge in [-0.3, -0.25) is 24.0 Å². The number of halogens is 2. The van der Waals surface area contributed by atoms with E-state index in [0.717, 1.165) is 11.1 Å². The summed E-state index contributed by atoms with van der Waals surface area (Å²) < 4.78 is 5.28. The molecule has 0 aliphatic rings. The van der Waals surface area contributed by atoms with E-state index < -0.39 is 76.5 Å². The molecule has 2 aromatic carbocycles. The van der Waals surface area contributed by atoms with Crippen LogP contribution in [0.2, 0.25) is 0 Å². The summed E-state index contributed by atoms with van der Waals surface area (Å²) in [5.41, 5.74) is 22.5. The Morgan fingerprint density at radius 1 is 0.804 bits per heavy atom. The number of ether oxygens (including phenoxy) is 1. The SMILES string of the molecule is O=Cc1cc(O)ccc1C[C@@H](CC(=O)CO)C(=O)CO.[Cl][Zn][Cl].[N-]=[N+]=NCCOCCNCc1cc(O)ccc1C[C@@H](CC(=O)CO)C(=O)CO.[N-]=[N+]=NCN. The molecule has 2 aromatic rings. The minimum absolute atomic E-state index is 0.0521. The van der Waals surface area contributed by atoms with Crippen LogP contribution >= 0.6 is 19.4 Å². The second-order valence-corrected chi connectivity index (χ2v) is 15.7. The normalized spacial score (nSPS) is 10.8. The van der Waals surface area contributed by atoms with Gasteiger partial charge in [0.15, 0.2) is 23.1 Å². The number of nitrogens with zero attached hydrogens (tertiary/aromatic N) is 6. The topological polar surface area (TPSA) is 352 Å². The van der Waals surface area contributed by atoms with Gasteiger partial charge in [-0.1, -0.05) is 22.4 Å². The number of aliphatic hydroxyl groups excluding tert-OH is 4. The van der Waals surface area contributed by atoms with Crippen molar-refractivity contribution in [2.45, 2.75) is 32.2 Å². The van der Waals surface area contributed by atoms with Gasteiger partial charge in [0.2, 0.25) is 0 Å². The van der Waals surface area contributed by atoms with E-state index >= 15 is 0 Å². The Kier molecular flexibility index (Phi) is 34.1. The number of phenols is 2. The second kappa shape index (κ2) is 35.4. The summed E-state index contributed by atoms with van der Waals surface area (Å²) in [5, 5.41) is 64.2. The van der Waals surface area contributed by atoms with Gasteiger partial charge in [0.05, 0.1) is 19.9 Å². The number of azide groups is 2. The fourth-order valence-corrected chi connectivity index (χ4v) is 4.58. The number of aliphatic hydroxyl groups is 4. The van der Waals surface area contributed by atoms with Gasteiger partial charge < -0.3 is 46.4 Å². The summed E-state index contributed by atoms with van der Waals surface area (Å²) in [4.78, 5) is 62.3. The third-order valence-corrected chi connectivity index (χ3v) is 7.18. The molecule has 0 unspecified atom stereocenters. The Bertz CT molecular complexity index is 1600. The van der Waals surface area contributed by atoms with Crippen LogP contribution in [-0.2, 0) is 58.4 Å². The third kappa shape index (κ3) is 25.9. The number of ketones is 4. The Morgan fingerprint density at radius 2 is 1.30 bits per heavy atom. The first kappa shape index (κ1) is 54.0. The number of hydrogen-bond acceptors (Lipinski definition) is 16. The first-order valence-corrected chi connectivity index (χ1v) is 24.4. The van der Waals surface area contributed by atoms with Crippen LogP contribution in [0.1, 0.15) is 39.9 Å². The molecule has 0 heterocycles. The van der Waals surface area contributed by atoms with E-state index in [9.17, 15) is 34.2 Å². The average Bonchev–Trinajstić information content (AvgIpc) is 3.19. The number of benzene rings is 2. The van der Waals surface area contributed by atoms with E-state index in [-0.39, 0.29) is 56.0 Å². The monoisotopic (exact) mass is 880 g/mol. The smallest absolute Gasteiger partial charge is 0.162 e. The zero-order valence-corrected chi connectivity index (χ0v) is 34.9. The molecule has 20 nitrogen and oxygen atoms in total. The van der Waals surface area contributed by atoms with Crippen LogP contribution in [0.15, 0.2) is 46.6 Å². The zero-order chi connectivity index (χ0) is 42.7. The van der Waals surface area contributed by atoms with Crippen LogP contribution in [0.3, 0.4) is 0 Å². The van der Waals surface area contributed by atoms with Crippen LogP contribution in [0, 0.1) is 11.8 Å². The predicted octanol–water partition coefficient (Wildman–Crippen LogP) is 1.95. The molecule has 306 valence electrons. The molecule has 23 heteroatoms. The van der Waals surface area contributed by atoms with Crippen molar-refractivity contribution in [1.82, 2.24) is 5.32 Å². The fraction of sp³-hybridized carbons (Fsp3) is 0.485. The Labute approximate surface area is 337 Å². The summed E-state index contributed by atoms with van der Waals surface area (Å²) in [5.74, 6) is -3.53. The van der Waals surface area contributed by atoms with Crippen molar-refractivity contribution in [2.24, 2.45) is 27.8 Å². The number of rotatable bonds is 24. The number of nitrogens with two attached hydrogens (primary N) is 1. The van der Waals surface area contributed by atoms with Crippen LogP contribution in [0.5, 0.6) is 11.5 Å². The standard InChI is InChI=1S/C18H26N4O6.C14H16O6.CH4N4.2ClH.Zn/c19-22-21-4-6-28-5-3-20-10-15-9-16(25)2-1-13(15)7-14(18(27)12-24)8-17(26)11-23;15-6-11-5-12(18)2-1-9(11)3-10(14(20)8-17)4-13(19)7-16;2-1-4-5-3;;;/h1-2,9,14,20,23-25H,3-8,10-12H2;1-2,5-6,10,16-18H,3-4,7-8H2;1-2H2;2*1H;/q;;;;;+2/p-2/t14-;10-;;;;/m00..../s1. The van der Waals surface area contributed by atoms with E-state index in [1.165, 1.54) is 24.3 Å². The van der Waals surface area contributed by atoms with Crippen molar-refractivity contribution >= 4 is 48.8 Å². The van der Waals surface area contributed by atoms with Crippen molar-refractivity contribution in [1.29, 1.82) is 0 Å². The van der Waals surface area contributed by atoms with E-state index in [1.807, 2.05) is 0 Å². The molecule has 2 atom stereocenters. The molecule has 2 rings (SSSR count). The second-order valence-electron chi connectivity index (χ2n) is 11.1. The number of phenolic OH excluding ortho intramolecular Hbond substituents is 2. The Morgan fingerprint density at radius 3 is 1.75 bits per heavy atom. The van der Waals surface area contributed by atoms with Gasteiger partial charge in [0, 0.05) is 59.7 Å². The van der Waals surface area contributed by atoms with Crippen molar-refractivity contribution in [3.63, 3.8) is 0 Å². The maximum absolute atomic E-state index is 12.0. The quantitative estimate of drug-likeness (QED) is 0.0187. The Balaban J connectivity index is 0. The molecule has 0 fully saturated rings. The molecule has 0 aliphatic carbocycles. The molecular weight excluding hydrogens is 837 g/mol. The minimum Gasteiger partial charge on any atom is -0.508 e. The summed E-state index contributed by atoms with van der Waals surface area (Å²) in [7, 11) is 9.90. The molecule has 0 bridgehead atoms. The number of Topliss-reactive ketones (excluding diaryl/α,β-unsaturated/α-hetero) is 4. The summed E-state index contributed by atoms with van der Waals surface area (Å²) in [6, 6.07) is 8.85. The van der Waals surface area contributed by atoms with E-state index in [0.29, 0.717) is 38.2 Å². The van der Waals surface area contributed by atoms with Gasteiger partial charge in [-0.2, -0.15) is 0 Å². The summed E-state index contributed by atoms with van der Waals surface area (Å²) in [6.45, 7) is -0.746. The van der Waals surface area contributed by atoms with E-state index in [1.54, 1.807) is 12.1 Å². The first-order valence-electron chi connectivity index (χ1n) is 16.6. The van der Waals surface area contributed by atoms with Gasteiger partial charge in [-0.15, -0.1) is 0 Å². The minimum atomic E-state index is -0.931. The summed E-state index contributed by atoms with van der Waals surface area (Å²) in [6.07, 6.45) is 0.492. The van der Waals surface area contributed by atoms with Gasteiger partial charge >= 0.3 is 34.5 Å². The molecule has 0 aromatic heterocycles. The molecule has 56 heavy (non-hydrogen) atoms. The number of aldehydes is 1. The third-order valence-electron chi connectivity index (χ3n) is 7.18. The van der Waals surface area contributed by atoms with Crippen LogP contribution in [0.25, 0.3) is 20.9 Å². The van der Waals surface area contributed by atoms with Gasteiger partial charge in [0.25, 0.3) is 0 Å². The number of carbonyl (C=O) groups is 5. The average molecular weight is 883 g/mol. The van der Waals surface area contributed by atoms with Gasteiger partial charge in [0.1, 0.15) is 44.2 Å². The van der Waals surface area contributed by atoms with Crippen LogP contribution in [-0.4, -0.2) is 119 Å². The van der Waals surface area contributed by atoms with Crippen molar-refractivity contribution in [3.8, 4) is 11.5 Å². The number of hydrogen-bond donors (Lipinski definition) is 8. The molecule has 9 N–H and O–H groups in total. The molecule has 0 spiro atoms. The number of aromatic hydroxyl groups is 2. The first-order chi connectivity index (χ1) is 26.8. The molecule has 0 saturated carbocycles. The Hall–Kier alpha value is -4.07. The summed E-state index contributed by atoms with van der Waals surface area (Å²) >= 11 is -0.931. The number of carbonyl (C=O) groups excluding carboxylic acids is 5. The largest absolute Gasteiger partial charge is 0.508 e. The van der Waals surface area contributed by atoms with Crippen LogP contribution in [0.4, 0.5) is 0 Å². The predicted molar refractivity (Wildman–Crippen MR) is 200 cm³/mol. The van der Waals surface area contributed by atoms with Crippen LogP contribution < -0.4 is 11.1 Å². The van der Waals surface area contributed by atoms with Crippen molar-refractivity contribution in [2.75, 3.05) is 59.4 Å². The molecule has 0 saturated heterocycles. The van der Waals surface area contributed by atoms with E-state index in [2.05, 4.69) is 25.4 Å². The molecular formula is C33H46Cl2N8O12Zn. The maximum Gasteiger partial charge on any atom is 0.162 e. The molecule has 0 amide bonds. The van der Waals surface area contributed by atoms with Gasteiger partial charge in [-0.05, 0) is 64.9 Å². The zero-order valence-electron chi connectivity index (χ0n) is 30.5. The van der Waals surface area contributed by atoms with E-state index in [4.69, 9.17) is 61.3 Å². The molecule has 0 aliphatic heterocycles. The van der Waals surface area contributed by atoms with Crippen molar-refractivity contribution < 1.29 is 74.5 Å². The maximum atomic E-state index is 12.0. The number of nitrogens with one attached hydrogen (secondary N) is 1.